The van der Waals surface area contributed by atoms with E-state index in [0.717, 1.165) is 11.0 Å². The predicted octanol–water partition coefficient (Wildman–Crippen LogP) is 6.48. The highest BCUT2D eigenvalue weighted by Crippen LogP contribution is 2.25. The second-order valence-corrected chi connectivity index (χ2v) is 4.11. The molecule has 0 aliphatic rings. The van der Waals surface area contributed by atoms with Crippen LogP contribution in [0, 0.1) is 13.8 Å². The Bertz CT molecular complexity index is 627. The summed E-state index contributed by atoms with van der Waals surface area (Å²) in [5.41, 5.74) is 4.49. The Morgan fingerprint density at radius 2 is 0.864 bits per heavy atom. The van der Waals surface area contributed by atoms with Crippen LogP contribution in [0.25, 0.3) is 21.8 Å². The lowest BCUT2D eigenvalue weighted by Gasteiger charge is -2.06. The van der Waals surface area contributed by atoms with Crippen LogP contribution in [-0.4, -0.2) is 9.97 Å². The van der Waals surface area contributed by atoms with E-state index in [-0.39, 0.29) is 0 Å². The van der Waals surface area contributed by atoms with E-state index < -0.39 is 0 Å². The zero-order valence-electron chi connectivity index (χ0n) is 15.4. The van der Waals surface area contributed by atoms with Crippen LogP contribution < -0.4 is 0 Å². The number of nitrogens with zero attached hydrogens (tertiary/aromatic N) is 2. The summed E-state index contributed by atoms with van der Waals surface area (Å²) < 4.78 is 0. The number of aryl methyl sites for hydroxylation is 2. The number of benzene rings is 1. The summed E-state index contributed by atoms with van der Waals surface area (Å²) in [4.78, 5) is 8.90. The van der Waals surface area contributed by atoms with Gasteiger partial charge in [-0.25, -0.2) is 0 Å². The van der Waals surface area contributed by atoms with Crippen LogP contribution >= 0.6 is 0 Å². The van der Waals surface area contributed by atoms with Crippen molar-refractivity contribution in [3.05, 3.63) is 47.8 Å². The summed E-state index contributed by atoms with van der Waals surface area (Å²) in [5.74, 6) is 0. The molecule has 0 radical (unpaired) electrons. The second-order valence-electron chi connectivity index (χ2n) is 4.11. The van der Waals surface area contributed by atoms with E-state index in [0.29, 0.717) is 0 Å². The SMILES string of the molecule is CC.CC.CC.Cc1ccnc2c1ccc1c(C)ccnc12. The van der Waals surface area contributed by atoms with E-state index in [9.17, 15) is 0 Å². The van der Waals surface area contributed by atoms with Gasteiger partial charge in [-0.3, -0.25) is 9.97 Å². The maximum Gasteiger partial charge on any atom is 0.0967 e. The van der Waals surface area contributed by atoms with Gasteiger partial charge in [0.2, 0.25) is 0 Å². The van der Waals surface area contributed by atoms with Gasteiger partial charge in [-0.05, 0) is 37.1 Å². The van der Waals surface area contributed by atoms with E-state index in [1.165, 1.54) is 21.9 Å². The largest absolute Gasteiger partial charge is 0.254 e. The van der Waals surface area contributed by atoms with Gasteiger partial charge in [0.05, 0.1) is 11.0 Å². The van der Waals surface area contributed by atoms with E-state index in [1.807, 2.05) is 66.1 Å². The number of pyridine rings is 2. The standard InChI is InChI=1S/C14H12N2.3C2H6/c1-9-5-7-15-13-11(9)3-4-12-10(2)6-8-16-14(12)13;3*1-2/h3-8H,1-2H3;3*1-2H3. The van der Waals surface area contributed by atoms with Crippen LogP contribution in [0.3, 0.4) is 0 Å². The zero-order chi connectivity index (χ0) is 17.1. The molecule has 0 saturated carbocycles. The molecule has 0 aliphatic carbocycles. The Balaban J connectivity index is 0.000000661. The maximum absolute atomic E-state index is 4.45. The molecular formula is C20H30N2. The Morgan fingerprint density at radius 1 is 0.545 bits per heavy atom. The Labute approximate surface area is 135 Å². The smallest absolute Gasteiger partial charge is 0.0967 e. The molecule has 2 nitrogen and oxygen atoms in total. The van der Waals surface area contributed by atoms with E-state index in [4.69, 9.17) is 0 Å². The van der Waals surface area contributed by atoms with Crippen molar-refractivity contribution >= 4 is 21.8 Å². The fraction of sp³-hybridized carbons (Fsp3) is 0.400. The van der Waals surface area contributed by atoms with Crippen molar-refractivity contribution in [2.45, 2.75) is 55.4 Å². The van der Waals surface area contributed by atoms with Crippen LogP contribution in [0.5, 0.6) is 0 Å². The molecule has 120 valence electrons. The third-order valence-corrected chi connectivity index (χ3v) is 3.06. The summed E-state index contributed by atoms with van der Waals surface area (Å²) in [6.07, 6.45) is 3.70. The molecule has 0 fully saturated rings. The third-order valence-electron chi connectivity index (χ3n) is 3.06. The average molecular weight is 298 g/mol. The first-order valence-electron chi connectivity index (χ1n) is 8.37. The molecule has 0 amide bonds. The molecule has 0 spiro atoms. The van der Waals surface area contributed by atoms with Crippen molar-refractivity contribution in [2.24, 2.45) is 0 Å². The molecule has 2 heterocycles. The summed E-state index contributed by atoms with van der Waals surface area (Å²) in [7, 11) is 0. The molecule has 3 aromatic rings. The van der Waals surface area contributed by atoms with Gasteiger partial charge in [-0.15, -0.1) is 0 Å². The first-order valence-corrected chi connectivity index (χ1v) is 8.37. The molecule has 0 N–H and O–H groups in total. The van der Waals surface area contributed by atoms with Crippen LogP contribution in [0.2, 0.25) is 0 Å². The summed E-state index contributed by atoms with van der Waals surface area (Å²) in [6, 6.07) is 8.33. The maximum atomic E-state index is 4.45. The number of aromatic nitrogens is 2. The lowest BCUT2D eigenvalue weighted by atomic mass is 10.0. The molecule has 0 atom stereocenters. The average Bonchev–Trinajstić information content (AvgIpc) is 2.61. The van der Waals surface area contributed by atoms with E-state index in [1.54, 1.807) is 0 Å². The third kappa shape index (κ3) is 4.27. The minimum absolute atomic E-state index is 1.00. The molecule has 0 aliphatic heterocycles. The van der Waals surface area contributed by atoms with Crippen LogP contribution in [0.4, 0.5) is 0 Å². The van der Waals surface area contributed by atoms with Gasteiger partial charge >= 0.3 is 0 Å². The molecule has 0 unspecified atom stereocenters. The van der Waals surface area contributed by atoms with Crippen LogP contribution in [0.15, 0.2) is 36.7 Å². The molecule has 3 rings (SSSR count). The minimum Gasteiger partial charge on any atom is -0.254 e. The molecular weight excluding hydrogens is 268 g/mol. The van der Waals surface area contributed by atoms with Gasteiger partial charge in [0.1, 0.15) is 0 Å². The van der Waals surface area contributed by atoms with Crippen molar-refractivity contribution in [3.8, 4) is 0 Å². The highest BCUT2D eigenvalue weighted by Gasteiger charge is 2.05. The van der Waals surface area contributed by atoms with Gasteiger partial charge in [0, 0.05) is 23.2 Å². The first-order chi connectivity index (χ1) is 10.8. The van der Waals surface area contributed by atoms with Crippen molar-refractivity contribution in [1.82, 2.24) is 9.97 Å². The van der Waals surface area contributed by atoms with Gasteiger partial charge in [-0.2, -0.15) is 0 Å². The number of hydrogen-bond donors (Lipinski definition) is 0. The Kier molecular flexibility index (Phi) is 9.77. The summed E-state index contributed by atoms with van der Waals surface area (Å²) in [5, 5.41) is 2.38. The van der Waals surface area contributed by atoms with Crippen molar-refractivity contribution in [1.29, 1.82) is 0 Å². The molecule has 0 saturated heterocycles. The van der Waals surface area contributed by atoms with Crippen molar-refractivity contribution < 1.29 is 0 Å². The van der Waals surface area contributed by atoms with Crippen LogP contribution in [-0.2, 0) is 0 Å². The summed E-state index contributed by atoms with van der Waals surface area (Å²) >= 11 is 0. The number of rotatable bonds is 0. The Hall–Kier alpha value is -1.96. The van der Waals surface area contributed by atoms with E-state index >= 15 is 0 Å². The minimum atomic E-state index is 1.00. The molecule has 2 aromatic heterocycles. The number of hydrogen-bond acceptors (Lipinski definition) is 2. The molecule has 1 aromatic carbocycles. The van der Waals surface area contributed by atoms with Gasteiger partial charge in [0.15, 0.2) is 0 Å². The van der Waals surface area contributed by atoms with Gasteiger partial charge in [0.25, 0.3) is 0 Å². The lowest BCUT2D eigenvalue weighted by molar-refractivity contribution is 1.33. The normalized spacial score (nSPS) is 8.91. The molecule has 2 heteroatoms. The molecule has 22 heavy (non-hydrogen) atoms. The van der Waals surface area contributed by atoms with Crippen molar-refractivity contribution in [2.75, 3.05) is 0 Å². The highest BCUT2D eigenvalue weighted by atomic mass is 14.7. The highest BCUT2D eigenvalue weighted by molar-refractivity contribution is 6.04. The monoisotopic (exact) mass is 298 g/mol. The zero-order valence-corrected chi connectivity index (χ0v) is 15.4. The molecule has 0 bridgehead atoms. The first kappa shape index (κ1) is 20.0. The van der Waals surface area contributed by atoms with Crippen molar-refractivity contribution in [3.63, 3.8) is 0 Å². The number of fused-ring (bicyclic) bond motifs is 3. The van der Waals surface area contributed by atoms with Crippen LogP contribution in [0.1, 0.15) is 52.7 Å². The van der Waals surface area contributed by atoms with E-state index in [2.05, 4.69) is 35.9 Å². The fourth-order valence-corrected chi connectivity index (χ4v) is 2.10. The summed E-state index contributed by atoms with van der Waals surface area (Å²) in [6.45, 7) is 16.2. The lowest BCUT2D eigenvalue weighted by Crippen LogP contribution is -1.88. The van der Waals surface area contributed by atoms with Gasteiger partial charge < -0.3 is 0 Å². The quantitative estimate of drug-likeness (QED) is 0.444. The Morgan fingerprint density at radius 3 is 1.18 bits per heavy atom. The second kappa shape index (κ2) is 10.7. The topological polar surface area (TPSA) is 25.8 Å². The predicted molar refractivity (Wildman–Crippen MR) is 101 cm³/mol. The fourth-order valence-electron chi connectivity index (χ4n) is 2.10. The van der Waals surface area contributed by atoms with Gasteiger partial charge in [-0.1, -0.05) is 53.7 Å².